The van der Waals surface area contributed by atoms with Crippen molar-refractivity contribution < 1.29 is 12.8 Å². The Bertz CT molecular complexity index is 534. The summed E-state index contributed by atoms with van der Waals surface area (Å²) < 4.78 is 40.0. The number of halogens is 2. The zero-order valence-corrected chi connectivity index (χ0v) is 12.8. The largest absolute Gasteiger partial charge is 0.316 e. The molecule has 2 N–H and O–H groups in total. The fourth-order valence-corrected chi connectivity index (χ4v) is 3.21. The van der Waals surface area contributed by atoms with Gasteiger partial charge in [0, 0.05) is 12.6 Å². The molecule has 102 valence electrons. The van der Waals surface area contributed by atoms with Gasteiger partial charge in [-0.05, 0) is 54.5 Å². The van der Waals surface area contributed by atoms with Crippen LogP contribution in [0.3, 0.4) is 0 Å². The van der Waals surface area contributed by atoms with E-state index in [1.165, 1.54) is 12.1 Å². The van der Waals surface area contributed by atoms with Gasteiger partial charge in [0.15, 0.2) is 0 Å². The van der Waals surface area contributed by atoms with Crippen molar-refractivity contribution in [2.45, 2.75) is 24.8 Å². The molecule has 0 aromatic heterocycles. The summed E-state index contributed by atoms with van der Waals surface area (Å²) in [5.74, 6) is -0.477. The van der Waals surface area contributed by atoms with Crippen molar-refractivity contribution in [1.82, 2.24) is 10.0 Å². The van der Waals surface area contributed by atoms with Gasteiger partial charge in [-0.25, -0.2) is 17.5 Å². The van der Waals surface area contributed by atoms with E-state index in [0.29, 0.717) is 5.56 Å². The second-order valence-electron chi connectivity index (χ2n) is 4.07. The molecule has 7 heteroatoms. The van der Waals surface area contributed by atoms with Crippen LogP contribution in [0.15, 0.2) is 21.5 Å². The minimum atomic E-state index is -3.62. The van der Waals surface area contributed by atoms with Crippen LogP contribution in [0.5, 0.6) is 0 Å². The molecule has 1 atom stereocenters. The van der Waals surface area contributed by atoms with Crippen molar-refractivity contribution in [3.63, 3.8) is 0 Å². The summed E-state index contributed by atoms with van der Waals surface area (Å²) in [6.45, 7) is 3.69. The number of sulfonamides is 1. The molecule has 1 unspecified atom stereocenters. The zero-order valence-electron chi connectivity index (χ0n) is 10.4. The molecule has 0 radical (unpaired) electrons. The van der Waals surface area contributed by atoms with Crippen molar-refractivity contribution >= 4 is 26.0 Å². The van der Waals surface area contributed by atoms with Gasteiger partial charge in [-0.15, -0.1) is 0 Å². The lowest BCUT2D eigenvalue weighted by atomic mass is 10.2. The first-order valence-corrected chi connectivity index (χ1v) is 7.68. The second-order valence-corrected chi connectivity index (χ2v) is 6.66. The van der Waals surface area contributed by atoms with Crippen LogP contribution in [0.2, 0.25) is 0 Å². The minimum absolute atomic E-state index is 0.0176. The van der Waals surface area contributed by atoms with Crippen LogP contribution in [-0.4, -0.2) is 28.1 Å². The molecule has 1 aromatic carbocycles. The highest BCUT2D eigenvalue weighted by Gasteiger charge is 2.19. The number of nitrogens with one attached hydrogen (secondary N) is 2. The van der Waals surface area contributed by atoms with E-state index in [4.69, 9.17) is 0 Å². The Labute approximate surface area is 115 Å². The van der Waals surface area contributed by atoms with Gasteiger partial charge in [-0.2, -0.15) is 0 Å². The molecule has 0 saturated heterocycles. The van der Waals surface area contributed by atoms with E-state index in [1.807, 2.05) is 6.92 Å². The molecular formula is C11H16BrFN2O2S. The number of rotatable bonds is 5. The van der Waals surface area contributed by atoms with Gasteiger partial charge < -0.3 is 5.32 Å². The summed E-state index contributed by atoms with van der Waals surface area (Å²) in [5.41, 5.74) is 0.375. The summed E-state index contributed by atoms with van der Waals surface area (Å²) in [5, 5.41) is 2.93. The first-order valence-electron chi connectivity index (χ1n) is 5.40. The van der Waals surface area contributed by atoms with Crippen molar-refractivity contribution in [3.05, 3.63) is 28.0 Å². The molecule has 18 heavy (non-hydrogen) atoms. The Morgan fingerprint density at radius 1 is 1.44 bits per heavy atom. The van der Waals surface area contributed by atoms with Crippen LogP contribution in [0.1, 0.15) is 12.5 Å². The van der Waals surface area contributed by atoms with Crippen molar-refractivity contribution in [1.29, 1.82) is 0 Å². The summed E-state index contributed by atoms with van der Waals surface area (Å²) in [6, 6.07) is 2.49. The van der Waals surface area contributed by atoms with Gasteiger partial charge >= 0.3 is 0 Å². The maximum absolute atomic E-state index is 13.2. The fraction of sp³-hybridized carbons (Fsp3) is 0.455. The van der Waals surface area contributed by atoms with Crippen molar-refractivity contribution in [3.8, 4) is 0 Å². The van der Waals surface area contributed by atoms with Gasteiger partial charge in [0.2, 0.25) is 10.0 Å². The van der Waals surface area contributed by atoms with Crippen molar-refractivity contribution in [2.24, 2.45) is 0 Å². The highest BCUT2D eigenvalue weighted by Crippen LogP contribution is 2.23. The van der Waals surface area contributed by atoms with Crippen LogP contribution in [-0.2, 0) is 10.0 Å². The third-order valence-corrected chi connectivity index (χ3v) is 4.75. The molecule has 0 heterocycles. The summed E-state index contributed by atoms with van der Waals surface area (Å²) >= 11 is 2.99. The first kappa shape index (κ1) is 15.6. The highest BCUT2D eigenvalue weighted by atomic mass is 79.9. The molecule has 0 aliphatic rings. The summed E-state index contributed by atoms with van der Waals surface area (Å²) in [6.07, 6.45) is 0. The topological polar surface area (TPSA) is 58.2 Å². The van der Waals surface area contributed by atoms with Crippen LogP contribution in [0, 0.1) is 12.7 Å². The molecule has 0 fully saturated rings. The lowest BCUT2D eigenvalue weighted by Gasteiger charge is -2.13. The zero-order chi connectivity index (χ0) is 13.9. The number of hydrogen-bond acceptors (Lipinski definition) is 3. The van der Waals surface area contributed by atoms with Gasteiger partial charge in [-0.1, -0.05) is 0 Å². The summed E-state index contributed by atoms with van der Waals surface area (Å²) in [4.78, 5) is 0.0825. The van der Waals surface area contributed by atoms with Crippen LogP contribution >= 0.6 is 15.9 Å². The summed E-state index contributed by atoms with van der Waals surface area (Å²) in [7, 11) is -1.87. The third kappa shape index (κ3) is 3.74. The lowest BCUT2D eigenvalue weighted by Crippen LogP contribution is -2.37. The maximum Gasteiger partial charge on any atom is 0.240 e. The van der Waals surface area contributed by atoms with Crippen LogP contribution in [0.4, 0.5) is 4.39 Å². The van der Waals surface area contributed by atoms with Crippen LogP contribution < -0.4 is 10.0 Å². The number of likely N-dealkylation sites (N-methyl/N-ethyl adjacent to an activating group) is 1. The quantitative estimate of drug-likeness (QED) is 0.860. The number of benzene rings is 1. The van der Waals surface area contributed by atoms with Crippen molar-refractivity contribution in [2.75, 3.05) is 13.6 Å². The molecule has 1 rings (SSSR count). The Balaban J connectivity index is 3.02. The van der Waals surface area contributed by atoms with Gasteiger partial charge in [0.25, 0.3) is 0 Å². The predicted molar refractivity (Wildman–Crippen MR) is 72.5 cm³/mol. The number of aryl methyl sites for hydroxylation is 1. The van der Waals surface area contributed by atoms with E-state index >= 15 is 0 Å². The van der Waals surface area contributed by atoms with Gasteiger partial charge in [0.05, 0.1) is 9.37 Å². The average molecular weight is 339 g/mol. The van der Waals surface area contributed by atoms with E-state index in [2.05, 4.69) is 26.0 Å². The Morgan fingerprint density at radius 2 is 2.06 bits per heavy atom. The standard InChI is InChI=1S/C11H16BrFN2O2S/c1-7-4-10(13)9(12)5-11(7)18(16,17)15-6-8(2)14-3/h4-5,8,14-15H,6H2,1-3H3. The maximum atomic E-state index is 13.2. The van der Waals surface area contributed by atoms with Gasteiger partial charge in [-0.3, -0.25) is 0 Å². The minimum Gasteiger partial charge on any atom is -0.316 e. The Morgan fingerprint density at radius 3 is 2.61 bits per heavy atom. The normalized spacial score (nSPS) is 13.6. The SMILES string of the molecule is CNC(C)CNS(=O)(=O)c1cc(Br)c(F)cc1C. The van der Waals surface area contributed by atoms with Gasteiger partial charge in [0.1, 0.15) is 5.82 Å². The molecule has 0 aliphatic heterocycles. The molecule has 0 aliphatic carbocycles. The van der Waals surface area contributed by atoms with E-state index < -0.39 is 15.8 Å². The van der Waals surface area contributed by atoms with E-state index in [1.54, 1.807) is 14.0 Å². The molecule has 0 saturated carbocycles. The van der Waals surface area contributed by atoms with Crippen LogP contribution in [0.25, 0.3) is 0 Å². The van der Waals surface area contributed by atoms with E-state index in [-0.39, 0.29) is 22.0 Å². The molecular weight excluding hydrogens is 323 g/mol. The van der Waals surface area contributed by atoms with E-state index in [0.717, 1.165) is 0 Å². The first-order chi connectivity index (χ1) is 8.27. The molecule has 0 amide bonds. The molecule has 1 aromatic rings. The fourth-order valence-electron chi connectivity index (χ4n) is 1.33. The Kier molecular flexibility index (Phi) is 5.27. The lowest BCUT2D eigenvalue weighted by molar-refractivity contribution is 0.553. The molecule has 0 bridgehead atoms. The smallest absolute Gasteiger partial charge is 0.240 e. The third-order valence-electron chi connectivity index (χ3n) is 2.58. The second kappa shape index (κ2) is 6.10. The molecule has 4 nitrogen and oxygen atoms in total. The average Bonchev–Trinajstić information content (AvgIpc) is 2.30. The predicted octanol–water partition coefficient (Wildman–Crippen LogP) is 1.78. The monoisotopic (exact) mass is 338 g/mol. The molecule has 0 spiro atoms. The number of hydrogen-bond donors (Lipinski definition) is 2. The highest BCUT2D eigenvalue weighted by molar-refractivity contribution is 9.10. The van der Waals surface area contributed by atoms with E-state index in [9.17, 15) is 12.8 Å². The Hall–Kier alpha value is -0.500.